The minimum absolute atomic E-state index is 1.14. The summed E-state index contributed by atoms with van der Waals surface area (Å²) in [5, 5.41) is 45.3. The van der Waals surface area contributed by atoms with Crippen LogP contribution in [-0.2, 0) is 0 Å². The molecule has 1 rings (SSSR count). The third-order valence-electron chi connectivity index (χ3n) is 2.19. The van der Waals surface area contributed by atoms with Crippen molar-refractivity contribution < 1.29 is 25.5 Å². The van der Waals surface area contributed by atoms with E-state index >= 15 is 0 Å². The van der Waals surface area contributed by atoms with Crippen LogP contribution in [0.5, 0.6) is 0 Å². The molecule has 0 aromatic rings. The first kappa shape index (κ1) is 9.85. The van der Waals surface area contributed by atoms with Crippen molar-refractivity contribution in [2.24, 2.45) is 5.73 Å². The first-order valence-electron chi connectivity index (χ1n) is 3.62. The molecule has 0 bridgehead atoms. The van der Waals surface area contributed by atoms with E-state index in [9.17, 15) is 0 Å². The van der Waals surface area contributed by atoms with Crippen LogP contribution in [0.25, 0.3) is 0 Å². The van der Waals surface area contributed by atoms with Gasteiger partial charge in [0.15, 0.2) is 0 Å². The van der Waals surface area contributed by atoms with E-state index in [4.69, 9.17) is 31.3 Å². The van der Waals surface area contributed by atoms with Crippen molar-refractivity contribution in [3.8, 4) is 0 Å². The summed E-state index contributed by atoms with van der Waals surface area (Å²) in [6, 6.07) is -1.14. The molecule has 0 heterocycles. The number of aliphatic hydroxyl groups is 5. The topological polar surface area (TPSA) is 127 Å². The van der Waals surface area contributed by atoms with Crippen molar-refractivity contribution in [1.29, 1.82) is 0 Å². The maximum absolute atomic E-state index is 9.10. The smallest absolute Gasteiger partial charge is 0.111 e. The molecular formula is C6H13NO5. The van der Waals surface area contributed by atoms with E-state index in [2.05, 4.69) is 0 Å². The van der Waals surface area contributed by atoms with E-state index in [0.717, 1.165) is 0 Å². The minimum atomic E-state index is -1.56. The van der Waals surface area contributed by atoms with Crippen molar-refractivity contribution in [3.63, 3.8) is 0 Å². The first-order valence-corrected chi connectivity index (χ1v) is 3.62. The van der Waals surface area contributed by atoms with Crippen molar-refractivity contribution in [2.45, 2.75) is 36.6 Å². The summed E-state index contributed by atoms with van der Waals surface area (Å²) < 4.78 is 0. The van der Waals surface area contributed by atoms with Gasteiger partial charge in [-0.2, -0.15) is 0 Å². The fourth-order valence-corrected chi connectivity index (χ4v) is 1.26. The molecule has 0 aromatic heterocycles. The molecule has 0 aromatic carbocycles. The molecular weight excluding hydrogens is 166 g/mol. The summed E-state index contributed by atoms with van der Waals surface area (Å²) in [5.41, 5.74) is 5.23. The van der Waals surface area contributed by atoms with Gasteiger partial charge in [-0.25, -0.2) is 0 Å². The molecule has 2 unspecified atom stereocenters. The average Bonchev–Trinajstić information content (AvgIpc) is 2.08. The summed E-state index contributed by atoms with van der Waals surface area (Å²) in [5.74, 6) is 0. The second-order valence-electron chi connectivity index (χ2n) is 3.03. The van der Waals surface area contributed by atoms with Gasteiger partial charge in [0.25, 0.3) is 0 Å². The Kier molecular flexibility index (Phi) is 2.67. The lowest BCUT2D eigenvalue weighted by atomic mass is 9.84. The second kappa shape index (κ2) is 3.25. The summed E-state index contributed by atoms with van der Waals surface area (Å²) >= 11 is 0. The van der Waals surface area contributed by atoms with Gasteiger partial charge >= 0.3 is 0 Å². The predicted octanol–water partition coefficient (Wildman–Crippen LogP) is -3.87. The molecule has 7 N–H and O–H groups in total. The van der Waals surface area contributed by atoms with E-state index in [0.29, 0.717) is 0 Å². The van der Waals surface area contributed by atoms with Gasteiger partial charge in [0, 0.05) is 0 Å². The molecule has 1 aliphatic carbocycles. The number of nitrogens with two attached hydrogens (primary N) is 1. The Morgan fingerprint density at radius 3 is 1.17 bits per heavy atom. The van der Waals surface area contributed by atoms with Gasteiger partial charge in [0.2, 0.25) is 0 Å². The largest absolute Gasteiger partial charge is 0.389 e. The van der Waals surface area contributed by atoms with Crippen LogP contribution in [0, 0.1) is 0 Å². The molecule has 0 aliphatic heterocycles. The predicted molar refractivity (Wildman–Crippen MR) is 38.0 cm³/mol. The molecule has 6 atom stereocenters. The lowest BCUT2D eigenvalue weighted by molar-refractivity contribution is -0.184. The van der Waals surface area contributed by atoms with Crippen LogP contribution in [0.2, 0.25) is 0 Å². The van der Waals surface area contributed by atoms with Gasteiger partial charge < -0.3 is 31.3 Å². The number of hydrogen-bond donors (Lipinski definition) is 6. The SMILES string of the molecule is NC1[C@@H](O)[C@@H](O)C(O)[C@H](O)[C@H]1O. The summed E-state index contributed by atoms with van der Waals surface area (Å²) in [7, 11) is 0. The molecule has 0 saturated heterocycles. The molecule has 12 heavy (non-hydrogen) atoms. The zero-order valence-electron chi connectivity index (χ0n) is 6.28. The first-order chi connectivity index (χ1) is 5.46. The molecule has 0 radical (unpaired) electrons. The van der Waals surface area contributed by atoms with Gasteiger partial charge in [-0.3, -0.25) is 0 Å². The number of aliphatic hydroxyl groups excluding tert-OH is 5. The number of hydrogen-bond acceptors (Lipinski definition) is 6. The van der Waals surface area contributed by atoms with Gasteiger partial charge in [0.05, 0.1) is 6.04 Å². The molecule has 6 nitrogen and oxygen atoms in total. The molecule has 0 spiro atoms. The highest BCUT2D eigenvalue weighted by Gasteiger charge is 2.46. The van der Waals surface area contributed by atoms with Gasteiger partial charge in [0.1, 0.15) is 30.5 Å². The Bertz CT molecular complexity index is 107. The monoisotopic (exact) mass is 179 g/mol. The molecule has 72 valence electrons. The second-order valence-corrected chi connectivity index (χ2v) is 3.03. The van der Waals surface area contributed by atoms with Gasteiger partial charge in [-0.05, 0) is 0 Å². The van der Waals surface area contributed by atoms with Crippen LogP contribution >= 0.6 is 0 Å². The third-order valence-corrected chi connectivity index (χ3v) is 2.19. The normalized spacial score (nSPS) is 55.5. The van der Waals surface area contributed by atoms with Crippen LogP contribution in [0.1, 0.15) is 0 Å². The zero-order chi connectivity index (χ0) is 9.46. The van der Waals surface area contributed by atoms with Crippen molar-refractivity contribution >= 4 is 0 Å². The Morgan fingerprint density at radius 1 is 0.583 bits per heavy atom. The van der Waals surface area contributed by atoms with E-state index in [-0.39, 0.29) is 0 Å². The number of rotatable bonds is 0. The summed E-state index contributed by atoms with van der Waals surface area (Å²) in [6.45, 7) is 0. The molecule has 1 saturated carbocycles. The molecule has 1 aliphatic rings. The van der Waals surface area contributed by atoms with Gasteiger partial charge in [-0.15, -0.1) is 0 Å². The van der Waals surface area contributed by atoms with Crippen LogP contribution < -0.4 is 5.73 Å². The standard InChI is InChI=1S/C6H13NO5/c7-1-2(8)4(10)6(12)5(11)3(1)9/h1-6,8-12H,7H2/t1?,2-,3+,4-,5-,6?/m1/s1. The summed E-state index contributed by atoms with van der Waals surface area (Å²) in [6.07, 6.45) is -7.43. The zero-order valence-corrected chi connectivity index (χ0v) is 6.28. The lowest BCUT2D eigenvalue weighted by Gasteiger charge is -2.40. The van der Waals surface area contributed by atoms with Crippen molar-refractivity contribution in [1.82, 2.24) is 0 Å². The van der Waals surface area contributed by atoms with E-state index < -0.39 is 36.6 Å². The highest BCUT2D eigenvalue weighted by Crippen LogP contribution is 2.19. The van der Waals surface area contributed by atoms with E-state index in [1.807, 2.05) is 0 Å². The summed E-state index contributed by atoms with van der Waals surface area (Å²) in [4.78, 5) is 0. The maximum Gasteiger partial charge on any atom is 0.111 e. The van der Waals surface area contributed by atoms with Gasteiger partial charge in [-0.1, -0.05) is 0 Å². The van der Waals surface area contributed by atoms with Crippen molar-refractivity contribution in [3.05, 3.63) is 0 Å². The van der Waals surface area contributed by atoms with Crippen LogP contribution in [0.15, 0.2) is 0 Å². The minimum Gasteiger partial charge on any atom is -0.389 e. The fraction of sp³-hybridized carbons (Fsp3) is 1.00. The van der Waals surface area contributed by atoms with Crippen molar-refractivity contribution in [2.75, 3.05) is 0 Å². The molecule has 0 amide bonds. The van der Waals surface area contributed by atoms with E-state index in [1.54, 1.807) is 0 Å². The van der Waals surface area contributed by atoms with Crippen LogP contribution in [-0.4, -0.2) is 62.1 Å². The lowest BCUT2D eigenvalue weighted by Crippen LogP contribution is -2.66. The Balaban J connectivity index is 2.76. The maximum atomic E-state index is 9.10. The van der Waals surface area contributed by atoms with Crippen LogP contribution in [0.3, 0.4) is 0 Å². The highest BCUT2D eigenvalue weighted by molar-refractivity contribution is 5.00. The molecule has 6 heteroatoms. The Morgan fingerprint density at radius 2 is 0.833 bits per heavy atom. The van der Waals surface area contributed by atoms with E-state index in [1.165, 1.54) is 0 Å². The Labute approximate surface area is 68.9 Å². The fourth-order valence-electron chi connectivity index (χ4n) is 1.26. The third kappa shape index (κ3) is 1.33. The Hall–Kier alpha value is -0.240. The highest BCUT2D eigenvalue weighted by atomic mass is 16.4. The average molecular weight is 179 g/mol. The molecule has 1 fully saturated rings. The van der Waals surface area contributed by atoms with Crippen LogP contribution in [0.4, 0.5) is 0 Å². The quantitative estimate of drug-likeness (QED) is 0.226.